The van der Waals surface area contributed by atoms with Gasteiger partial charge in [0.1, 0.15) is 6.04 Å². The minimum atomic E-state index is -3.11. The number of alkyl halides is 2. The van der Waals surface area contributed by atoms with Gasteiger partial charge in [0.25, 0.3) is 11.8 Å². The second-order valence-corrected chi connectivity index (χ2v) is 7.50. The first kappa shape index (κ1) is 21.2. The van der Waals surface area contributed by atoms with Crippen LogP contribution in [0.1, 0.15) is 27.9 Å². The van der Waals surface area contributed by atoms with Gasteiger partial charge in [-0.25, -0.2) is 8.78 Å². The van der Waals surface area contributed by atoms with E-state index >= 15 is 0 Å². The number of likely N-dealkylation sites (tertiary alicyclic amines) is 1. The zero-order valence-electron chi connectivity index (χ0n) is 16.9. The summed E-state index contributed by atoms with van der Waals surface area (Å²) in [6, 6.07) is 9.82. The van der Waals surface area contributed by atoms with Crippen molar-refractivity contribution in [3.05, 3.63) is 65.6 Å². The normalized spacial score (nSPS) is 17.5. The highest BCUT2D eigenvalue weighted by Gasteiger charge is 2.47. The highest BCUT2D eigenvalue weighted by molar-refractivity contribution is 6.01. The van der Waals surface area contributed by atoms with Crippen molar-refractivity contribution in [1.29, 1.82) is 5.26 Å². The third-order valence-electron chi connectivity index (χ3n) is 5.30. The van der Waals surface area contributed by atoms with Gasteiger partial charge in [0.2, 0.25) is 5.91 Å². The molecule has 32 heavy (non-hydrogen) atoms. The number of para-hydroxylation sites is 1. The fourth-order valence-electron chi connectivity index (χ4n) is 3.70. The largest absolute Gasteiger partial charge is 0.361 e. The molecule has 2 amide bonds. The fraction of sp³-hybridized carbons (Fsp3) is 0.217. The van der Waals surface area contributed by atoms with Crippen molar-refractivity contribution in [1.82, 2.24) is 20.2 Å². The van der Waals surface area contributed by atoms with E-state index in [2.05, 4.69) is 15.3 Å². The zero-order chi connectivity index (χ0) is 22.7. The quantitative estimate of drug-likeness (QED) is 0.642. The van der Waals surface area contributed by atoms with E-state index in [0.717, 1.165) is 21.4 Å². The van der Waals surface area contributed by atoms with Crippen LogP contribution in [0, 0.1) is 11.3 Å². The number of H-pyrrole nitrogens is 1. The van der Waals surface area contributed by atoms with Crippen LogP contribution >= 0.6 is 0 Å². The van der Waals surface area contributed by atoms with Crippen LogP contribution in [0.5, 0.6) is 0 Å². The molecule has 1 fully saturated rings. The van der Waals surface area contributed by atoms with Gasteiger partial charge in [0, 0.05) is 47.0 Å². The van der Waals surface area contributed by atoms with Crippen LogP contribution in [-0.2, 0) is 4.79 Å². The summed E-state index contributed by atoms with van der Waals surface area (Å²) in [5, 5.41) is 12.5. The summed E-state index contributed by atoms with van der Waals surface area (Å²) in [7, 11) is 0. The van der Waals surface area contributed by atoms with E-state index in [1.807, 2.05) is 36.5 Å². The molecule has 4 rings (SSSR count). The number of halogens is 2. The minimum absolute atomic E-state index is 0.285. The Morgan fingerprint density at radius 3 is 2.88 bits per heavy atom. The summed E-state index contributed by atoms with van der Waals surface area (Å²) in [5.74, 6) is -4.38. The number of rotatable bonds is 5. The van der Waals surface area contributed by atoms with Crippen molar-refractivity contribution < 1.29 is 18.4 Å². The van der Waals surface area contributed by atoms with Gasteiger partial charge >= 0.3 is 0 Å². The molecule has 1 atom stereocenters. The highest BCUT2D eigenvalue weighted by Crippen LogP contribution is 2.31. The number of nitriles is 1. The van der Waals surface area contributed by atoms with Crippen molar-refractivity contribution in [2.75, 3.05) is 13.1 Å². The van der Waals surface area contributed by atoms with E-state index in [4.69, 9.17) is 5.26 Å². The van der Waals surface area contributed by atoms with Gasteiger partial charge in [-0.2, -0.15) is 5.26 Å². The number of aromatic nitrogens is 2. The third kappa shape index (κ3) is 4.34. The van der Waals surface area contributed by atoms with Gasteiger partial charge in [-0.3, -0.25) is 14.6 Å². The lowest BCUT2D eigenvalue weighted by atomic mass is 10.1. The molecule has 0 spiro atoms. The van der Waals surface area contributed by atoms with Gasteiger partial charge in [-0.1, -0.05) is 30.4 Å². The lowest BCUT2D eigenvalue weighted by Gasteiger charge is -2.19. The Labute approximate surface area is 182 Å². The number of benzene rings is 1. The molecule has 162 valence electrons. The van der Waals surface area contributed by atoms with Crippen LogP contribution in [-0.4, -0.2) is 51.7 Å². The topological polar surface area (TPSA) is 102 Å². The molecule has 0 saturated carbocycles. The number of fused-ring (bicyclic) bond motifs is 1. The molecule has 1 saturated heterocycles. The zero-order valence-corrected chi connectivity index (χ0v) is 16.9. The molecule has 2 N–H and O–H groups in total. The number of amides is 2. The predicted molar refractivity (Wildman–Crippen MR) is 114 cm³/mol. The van der Waals surface area contributed by atoms with E-state index in [1.165, 1.54) is 18.5 Å². The minimum Gasteiger partial charge on any atom is -0.361 e. The number of hydrogen-bond acceptors (Lipinski definition) is 4. The smallest absolute Gasteiger partial charge is 0.268 e. The maximum atomic E-state index is 13.6. The van der Waals surface area contributed by atoms with E-state index in [0.29, 0.717) is 5.56 Å². The third-order valence-corrected chi connectivity index (χ3v) is 5.30. The predicted octanol–water partition coefficient (Wildman–Crippen LogP) is 3.22. The van der Waals surface area contributed by atoms with Crippen molar-refractivity contribution in [3.63, 3.8) is 0 Å². The van der Waals surface area contributed by atoms with Crippen LogP contribution in [0.3, 0.4) is 0 Å². The first-order valence-corrected chi connectivity index (χ1v) is 9.91. The average molecular weight is 435 g/mol. The van der Waals surface area contributed by atoms with Gasteiger partial charge in [0.15, 0.2) is 0 Å². The molecule has 0 unspecified atom stereocenters. The van der Waals surface area contributed by atoms with E-state index in [1.54, 1.807) is 12.1 Å². The second-order valence-electron chi connectivity index (χ2n) is 7.50. The lowest BCUT2D eigenvalue weighted by Crippen LogP contribution is -2.43. The van der Waals surface area contributed by atoms with Gasteiger partial charge in [-0.15, -0.1) is 0 Å². The Morgan fingerprint density at radius 2 is 2.06 bits per heavy atom. The first-order valence-electron chi connectivity index (χ1n) is 9.91. The standard InChI is InChI=1S/C23H19F2N5O2/c24-23(25)9-17(10-26)30(14-23)21(31)13-29-22(32)19-7-8-27-11-15(19)5-6-16-12-28-20-4-2-1-3-18(16)20/h1-8,11-12,17,28H,9,13-14H2,(H,29,32)/b6-5+/t17-/m0/s1. The van der Waals surface area contributed by atoms with Gasteiger partial charge in [-0.05, 0) is 17.7 Å². The molecule has 9 heteroatoms. The van der Waals surface area contributed by atoms with Crippen molar-refractivity contribution >= 4 is 34.9 Å². The number of carbonyl (C=O) groups is 2. The summed E-state index contributed by atoms with van der Waals surface area (Å²) in [6.07, 6.45) is 7.72. The fourth-order valence-corrected chi connectivity index (χ4v) is 3.70. The molecule has 3 aromatic rings. The van der Waals surface area contributed by atoms with Crippen LogP contribution in [0.25, 0.3) is 23.1 Å². The van der Waals surface area contributed by atoms with Crippen LogP contribution in [0.15, 0.2) is 48.9 Å². The molecule has 0 aliphatic carbocycles. The Kier molecular flexibility index (Phi) is 5.69. The molecule has 0 radical (unpaired) electrons. The van der Waals surface area contributed by atoms with E-state index in [9.17, 15) is 18.4 Å². The van der Waals surface area contributed by atoms with E-state index < -0.39 is 43.3 Å². The lowest BCUT2D eigenvalue weighted by molar-refractivity contribution is -0.131. The van der Waals surface area contributed by atoms with Crippen molar-refractivity contribution in [3.8, 4) is 6.07 Å². The second kappa shape index (κ2) is 8.59. The summed E-state index contributed by atoms with van der Waals surface area (Å²) < 4.78 is 27.1. The van der Waals surface area contributed by atoms with E-state index in [-0.39, 0.29) is 5.56 Å². The molecular weight excluding hydrogens is 416 g/mol. The highest BCUT2D eigenvalue weighted by atomic mass is 19.3. The monoisotopic (exact) mass is 435 g/mol. The molecule has 0 bridgehead atoms. The Bertz CT molecular complexity index is 1240. The molecule has 1 aromatic carbocycles. The molecule has 1 aliphatic heterocycles. The molecular formula is C23H19F2N5O2. The molecule has 3 heterocycles. The number of pyridine rings is 1. The Morgan fingerprint density at radius 1 is 1.28 bits per heavy atom. The van der Waals surface area contributed by atoms with Crippen LogP contribution in [0.2, 0.25) is 0 Å². The van der Waals surface area contributed by atoms with Crippen molar-refractivity contribution in [2.45, 2.75) is 18.4 Å². The number of nitrogens with zero attached hydrogens (tertiary/aromatic N) is 3. The maximum absolute atomic E-state index is 13.6. The summed E-state index contributed by atoms with van der Waals surface area (Å²) in [6.45, 7) is -1.31. The molecule has 2 aromatic heterocycles. The Hall–Kier alpha value is -4.06. The molecule has 7 nitrogen and oxygen atoms in total. The Balaban J connectivity index is 1.46. The first-order chi connectivity index (χ1) is 15.4. The van der Waals surface area contributed by atoms with Gasteiger partial charge < -0.3 is 15.2 Å². The van der Waals surface area contributed by atoms with Crippen molar-refractivity contribution in [2.24, 2.45) is 0 Å². The summed E-state index contributed by atoms with van der Waals surface area (Å²) in [4.78, 5) is 33.0. The SMILES string of the molecule is N#C[C@@H]1CC(F)(F)CN1C(=O)CNC(=O)c1ccncc1/C=C/c1c[nH]c2ccccc12. The van der Waals surface area contributed by atoms with Crippen LogP contribution in [0.4, 0.5) is 8.78 Å². The number of nitrogens with one attached hydrogen (secondary N) is 2. The van der Waals surface area contributed by atoms with Gasteiger partial charge in [0.05, 0.1) is 19.2 Å². The average Bonchev–Trinajstić information content (AvgIpc) is 3.35. The summed E-state index contributed by atoms with van der Waals surface area (Å²) >= 11 is 0. The number of carbonyl (C=O) groups excluding carboxylic acids is 2. The maximum Gasteiger partial charge on any atom is 0.268 e. The summed E-state index contributed by atoms with van der Waals surface area (Å²) in [5.41, 5.74) is 2.74. The number of hydrogen-bond donors (Lipinski definition) is 2. The van der Waals surface area contributed by atoms with Crippen LogP contribution < -0.4 is 5.32 Å². The number of aromatic amines is 1. The molecule has 1 aliphatic rings.